The zero-order valence-electron chi connectivity index (χ0n) is 18.1. The molecule has 2 aromatic carbocycles. The van der Waals surface area contributed by atoms with Crippen LogP contribution in [0.4, 0.5) is 5.69 Å². The number of amides is 3. The maximum absolute atomic E-state index is 12.7. The Kier molecular flexibility index (Phi) is 8.50. The number of carbonyl (C=O) groups is 3. The van der Waals surface area contributed by atoms with Crippen LogP contribution in [0.1, 0.15) is 36.5 Å². The van der Waals surface area contributed by atoms with Crippen molar-refractivity contribution < 1.29 is 19.1 Å². The predicted molar refractivity (Wildman–Crippen MR) is 124 cm³/mol. The standard InChI is InChI=1S/C24H28ClN3O4/c1-2-12-26-24(31)20-9-8-18(15-21(20)25)27-23(30)17-10-13-28(14-11-17)22(29)16-32-19-6-4-3-5-7-19/h3-9,15,17H,2,10-14,16H2,1H3,(H,26,31)(H,27,30). The number of benzene rings is 2. The summed E-state index contributed by atoms with van der Waals surface area (Å²) < 4.78 is 5.52. The van der Waals surface area contributed by atoms with Gasteiger partial charge in [0, 0.05) is 31.2 Å². The molecule has 0 aromatic heterocycles. The van der Waals surface area contributed by atoms with E-state index in [0.29, 0.717) is 49.5 Å². The average Bonchev–Trinajstić information content (AvgIpc) is 2.81. The molecular weight excluding hydrogens is 430 g/mol. The highest BCUT2D eigenvalue weighted by Crippen LogP contribution is 2.24. The lowest BCUT2D eigenvalue weighted by molar-refractivity contribution is -0.136. The molecule has 0 atom stereocenters. The van der Waals surface area contributed by atoms with Crippen LogP contribution in [0.25, 0.3) is 0 Å². The van der Waals surface area contributed by atoms with Crippen LogP contribution in [0.3, 0.4) is 0 Å². The van der Waals surface area contributed by atoms with E-state index in [2.05, 4.69) is 10.6 Å². The van der Waals surface area contributed by atoms with E-state index in [1.807, 2.05) is 25.1 Å². The molecule has 0 saturated carbocycles. The largest absolute Gasteiger partial charge is 0.484 e. The van der Waals surface area contributed by atoms with E-state index in [4.69, 9.17) is 16.3 Å². The van der Waals surface area contributed by atoms with Gasteiger partial charge in [-0.2, -0.15) is 0 Å². The van der Waals surface area contributed by atoms with E-state index in [0.717, 1.165) is 6.42 Å². The van der Waals surface area contributed by atoms with E-state index in [1.165, 1.54) is 0 Å². The minimum Gasteiger partial charge on any atom is -0.484 e. The fourth-order valence-electron chi connectivity index (χ4n) is 3.50. The van der Waals surface area contributed by atoms with Crippen molar-refractivity contribution in [3.63, 3.8) is 0 Å². The Morgan fingerprint density at radius 2 is 1.81 bits per heavy atom. The number of para-hydroxylation sites is 1. The van der Waals surface area contributed by atoms with Crippen molar-refractivity contribution in [1.82, 2.24) is 10.2 Å². The van der Waals surface area contributed by atoms with Gasteiger partial charge in [-0.1, -0.05) is 36.7 Å². The quantitative estimate of drug-likeness (QED) is 0.632. The Labute approximate surface area is 193 Å². The Balaban J connectivity index is 1.46. The van der Waals surface area contributed by atoms with Gasteiger partial charge in [0.2, 0.25) is 5.91 Å². The first-order chi connectivity index (χ1) is 15.5. The summed E-state index contributed by atoms with van der Waals surface area (Å²) in [6.45, 7) is 3.54. The number of hydrogen-bond acceptors (Lipinski definition) is 4. The molecule has 0 bridgehead atoms. The molecule has 170 valence electrons. The second kappa shape index (κ2) is 11.5. The lowest BCUT2D eigenvalue weighted by atomic mass is 9.95. The fraction of sp³-hybridized carbons (Fsp3) is 0.375. The summed E-state index contributed by atoms with van der Waals surface area (Å²) >= 11 is 6.23. The normalized spacial score (nSPS) is 14.0. The highest BCUT2D eigenvalue weighted by atomic mass is 35.5. The monoisotopic (exact) mass is 457 g/mol. The van der Waals surface area contributed by atoms with Crippen molar-refractivity contribution in [1.29, 1.82) is 0 Å². The van der Waals surface area contributed by atoms with Gasteiger partial charge in [0.15, 0.2) is 6.61 Å². The van der Waals surface area contributed by atoms with Crippen molar-refractivity contribution in [2.75, 3.05) is 31.6 Å². The third-order valence-corrected chi connectivity index (χ3v) is 5.65. The van der Waals surface area contributed by atoms with Crippen LogP contribution in [-0.4, -0.2) is 48.9 Å². The van der Waals surface area contributed by atoms with Gasteiger partial charge in [-0.25, -0.2) is 0 Å². The highest BCUT2D eigenvalue weighted by Gasteiger charge is 2.27. The molecule has 0 unspecified atom stereocenters. The number of piperidine rings is 1. The van der Waals surface area contributed by atoms with Gasteiger partial charge in [0.25, 0.3) is 11.8 Å². The number of halogens is 1. The molecule has 8 heteroatoms. The topological polar surface area (TPSA) is 87.7 Å². The van der Waals surface area contributed by atoms with Crippen LogP contribution >= 0.6 is 11.6 Å². The molecule has 0 aliphatic carbocycles. The van der Waals surface area contributed by atoms with E-state index < -0.39 is 0 Å². The highest BCUT2D eigenvalue weighted by molar-refractivity contribution is 6.34. The molecule has 3 rings (SSSR count). The molecule has 2 N–H and O–H groups in total. The number of nitrogens with zero attached hydrogens (tertiary/aromatic N) is 1. The van der Waals surface area contributed by atoms with Crippen LogP contribution in [0.5, 0.6) is 5.75 Å². The number of anilines is 1. The zero-order chi connectivity index (χ0) is 22.9. The summed E-state index contributed by atoms with van der Waals surface area (Å²) in [5.41, 5.74) is 0.921. The molecule has 2 aromatic rings. The molecule has 3 amide bonds. The maximum Gasteiger partial charge on any atom is 0.260 e. The number of likely N-dealkylation sites (tertiary alicyclic amines) is 1. The summed E-state index contributed by atoms with van der Waals surface area (Å²) in [4.78, 5) is 38.9. The Morgan fingerprint density at radius 1 is 1.09 bits per heavy atom. The molecule has 1 aliphatic rings. The summed E-state index contributed by atoms with van der Waals surface area (Å²) in [5, 5.41) is 5.94. The van der Waals surface area contributed by atoms with Crippen molar-refractivity contribution in [2.45, 2.75) is 26.2 Å². The number of rotatable bonds is 8. The lowest BCUT2D eigenvalue weighted by Gasteiger charge is -2.31. The first-order valence-electron chi connectivity index (χ1n) is 10.8. The summed E-state index contributed by atoms with van der Waals surface area (Å²) in [7, 11) is 0. The van der Waals surface area contributed by atoms with E-state index in [1.54, 1.807) is 35.2 Å². The van der Waals surface area contributed by atoms with Gasteiger partial charge in [0.05, 0.1) is 10.6 Å². The molecular formula is C24H28ClN3O4. The third kappa shape index (κ3) is 6.47. The number of hydrogen-bond donors (Lipinski definition) is 2. The van der Waals surface area contributed by atoms with Crippen molar-refractivity contribution in [3.8, 4) is 5.75 Å². The van der Waals surface area contributed by atoms with Crippen LogP contribution in [0.2, 0.25) is 5.02 Å². The van der Waals surface area contributed by atoms with Crippen molar-refractivity contribution >= 4 is 35.0 Å². The van der Waals surface area contributed by atoms with Gasteiger partial charge in [-0.15, -0.1) is 0 Å². The Bertz CT molecular complexity index is 944. The summed E-state index contributed by atoms with van der Waals surface area (Å²) in [5.74, 6) is 0.0272. The molecule has 0 spiro atoms. The van der Waals surface area contributed by atoms with Gasteiger partial charge in [-0.3, -0.25) is 14.4 Å². The lowest BCUT2D eigenvalue weighted by Crippen LogP contribution is -2.43. The number of carbonyl (C=O) groups excluding carboxylic acids is 3. The molecule has 1 heterocycles. The summed E-state index contributed by atoms with van der Waals surface area (Å²) in [6, 6.07) is 14.1. The smallest absolute Gasteiger partial charge is 0.260 e. The molecule has 1 saturated heterocycles. The number of nitrogens with one attached hydrogen (secondary N) is 2. The van der Waals surface area contributed by atoms with Crippen molar-refractivity contribution in [2.24, 2.45) is 5.92 Å². The Hall–Kier alpha value is -3.06. The van der Waals surface area contributed by atoms with E-state index in [9.17, 15) is 14.4 Å². The second-order valence-corrected chi connectivity index (χ2v) is 8.10. The molecule has 32 heavy (non-hydrogen) atoms. The minimum absolute atomic E-state index is 0.0163. The van der Waals surface area contributed by atoms with Crippen molar-refractivity contribution in [3.05, 3.63) is 59.1 Å². The van der Waals surface area contributed by atoms with Gasteiger partial charge in [-0.05, 0) is 49.6 Å². The average molecular weight is 458 g/mol. The van der Waals surface area contributed by atoms with Gasteiger partial charge >= 0.3 is 0 Å². The summed E-state index contributed by atoms with van der Waals surface area (Å²) in [6.07, 6.45) is 1.99. The van der Waals surface area contributed by atoms with Crippen LogP contribution in [0.15, 0.2) is 48.5 Å². The first kappa shape index (κ1) is 23.6. The second-order valence-electron chi connectivity index (χ2n) is 7.70. The molecule has 1 aliphatic heterocycles. The van der Waals surface area contributed by atoms with E-state index in [-0.39, 0.29) is 35.3 Å². The first-order valence-corrected chi connectivity index (χ1v) is 11.2. The predicted octanol–water partition coefficient (Wildman–Crippen LogP) is 3.74. The van der Waals surface area contributed by atoms with Gasteiger partial charge in [0.1, 0.15) is 5.75 Å². The fourth-order valence-corrected chi connectivity index (χ4v) is 3.77. The SMILES string of the molecule is CCCNC(=O)c1ccc(NC(=O)C2CCN(C(=O)COc3ccccc3)CC2)cc1Cl. The van der Waals surface area contributed by atoms with Crippen LogP contribution in [0, 0.1) is 5.92 Å². The number of ether oxygens (including phenoxy) is 1. The van der Waals surface area contributed by atoms with Gasteiger partial charge < -0.3 is 20.3 Å². The maximum atomic E-state index is 12.7. The Morgan fingerprint density at radius 3 is 2.47 bits per heavy atom. The molecule has 7 nitrogen and oxygen atoms in total. The molecule has 0 radical (unpaired) electrons. The molecule has 1 fully saturated rings. The zero-order valence-corrected chi connectivity index (χ0v) is 18.9. The minimum atomic E-state index is -0.233. The van der Waals surface area contributed by atoms with E-state index >= 15 is 0 Å². The van der Waals surface area contributed by atoms with Crippen LogP contribution in [-0.2, 0) is 9.59 Å². The van der Waals surface area contributed by atoms with Crippen LogP contribution < -0.4 is 15.4 Å². The third-order valence-electron chi connectivity index (χ3n) is 5.34.